The van der Waals surface area contributed by atoms with Gasteiger partial charge in [-0.1, -0.05) is 12.1 Å². The zero-order valence-electron chi connectivity index (χ0n) is 10.8. The molecule has 1 atom stereocenters. The molecule has 0 bridgehead atoms. The van der Waals surface area contributed by atoms with Gasteiger partial charge in [0.25, 0.3) is 0 Å². The third-order valence-electron chi connectivity index (χ3n) is 3.75. The molecule has 1 amide bonds. The van der Waals surface area contributed by atoms with Crippen molar-refractivity contribution >= 4 is 5.91 Å². The van der Waals surface area contributed by atoms with Gasteiger partial charge in [0.05, 0.1) is 12.7 Å². The summed E-state index contributed by atoms with van der Waals surface area (Å²) in [6.45, 7) is 1.96. The Morgan fingerprint density at radius 2 is 2.05 bits per heavy atom. The van der Waals surface area contributed by atoms with Crippen LogP contribution in [0.5, 0.6) is 0 Å². The van der Waals surface area contributed by atoms with Gasteiger partial charge in [-0.05, 0) is 30.5 Å². The molecule has 1 aliphatic heterocycles. The lowest BCUT2D eigenvalue weighted by Gasteiger charge is -2.33. The van der Waals surface area contributed by atoms with Crippen molar-refractivity contribution in [1.29, 1.82) is 0 Å². The Labute approximate surface area is 112 Å². The van der Waals surface area contributed by atoms with Crippen molar-refractivity contribution in [2.75, 3.05) is 19.7 Å². The fourth-order valence-electron chi connectivity index (χ4n) is 2.51. The fourth-order valence-corrected chi connectivity index (χ4v) is 2.51. The van der Waals surface area contributed by atoms with Crippen LogP contribution in [0.3, 0.4) is 0 Å². The van der Waals surface area contributed by atoms with Crippen LogP contribution in [0.2, 0.25) is 0 Å². The van der Waals surface area contributed by atoms with Gasteiger partial charge in [0.1, 0.15) is 5.82 Å². The number of benzene rings is 1. The molecule has 0 N–H and O–H groups in total. The maximum absolute atomic E-state index is 12.8. The number of carbonyl (C=O) groups excluding carboxylic acids is 1. The van der Waals surface area contributed by atoms with E-state index >= 15 is 0 Å². The fraction of sp³-hybridized carbons (Fsp3) is 0.533. The molecule has 102 valence electrons. The van der Waals surface area contributed by atoms with E-state index in [0.717, 1.165) is 24.8 Å². The minimum Gasteiger partial charge on any atom is -0.374 e. The van der Waals surface area contributed by atoms with Gasteiger partial charge in [-0.25, -0.2) is 4.39 Å². The van der Waals surface area contributed by atoms with Crippen molar-refractivity contribution in [3.63, 3.8) is 0 Å². The first-order valence-electron chi connectivity index (χ1n) is 6.87. The van der Waals surface area contributed by atoms with Gasteiger partial charge in [0.15, 0.2) is 0 Å². The standard InChI is InChI=1S/C15H18FNO2/c16-13-5-1-11(2-6-13)9-14-10-17(7-8-19-14)15(18)12-3-4-12/h1-2,5-6,12,14H,3-4,7-10H2/t14-/m1/s1. The zero-order valence-corrected chi connectivity index (χ0v) is 10.8. The molecule has 1 aliphatic carbocycles. The maximum atomic E-state index is 12.8. The molecule has 0 spiro atoms. The van der Waals surface area contributed by atoms with E-state index in [1.807, 2.05) is 4.90 Å². The summed E-state index contributed by atoms with van der Waals surface area (Å²) in [6, 6.07) is 6.48. The van der Waals surface area contributed by atoms with Crippen LogP contribution in [0.15, 0.2) is 24.3 Å². The van der Waals surface area contributed by atoms with Crippen LogP contribution >= 0.6 is 0 Å². The van der Waals surface area contributed by atoms with Crippen LogP contribution in [-0.2, 0) is 16.0 Å². The Morgan fingerprint density at radius 3 is 2.74 bits per heavy atom. The molecule has 1 aromatic carbocycles. The second-order valence-electron chi connectivity index (χ2n) is 5.38. The van der Waals surface area contributed by atoms with E-state index in [0.29, 0.717) is 19.7 Å². The van der Waals surface area contributed by atoms with Crippen LogP contribution < -0.4 is 0 Å². The van der Waals surface area contributed by atoms with E-state index in [2.05, 4.69) is 0 Å². The molecule has 0 aromatic heterocycles. The number of hydrogen-bond donors (Lipinski definition) is 0. The van der Waals surface area contributed by atoms with Crippen LogP contribution in [0, 0.1) is 11.7 Å². The monoisotopic (exact) mass is 263 g/mol. The number of nitrogens with zero attached hydrogens (tertiary/aromatic N) is 1. The molecular weight excluding hydrogens is 245 g/mol. The molecule has 4 heteroatoms. The molecule has 0 unspecified atom stereocenters. The smallest absolute Gasteiger partial charge is 0.225 e. The second-order valence-corrected chi connectivity index (χ2v) is 5.38. The summed E-state index contributed by atoms with van der Waals surface area (Å²) in [7, 11) is 0. The third-order valence-corrected chi connectivity index (χ3v) is 3.75. The highest BCUT2D eigenvalue weighted by molar-refractivity contribution is 5.81. The lowest BCUT2D eigenvalue weighted by Crippen LogP contribution is -2.46. The molecule has 2 aliphatic rings. The Hall–Kier alpha value is -1.42. The minimum atomic E-state index is -0.223. The highest BCUT2D eigenvalue weighted by Gasteiger charge is 2.35. The molecular formula is C15H18FNO2. The Morgan fingerprint density at radius 1 is 1.32 bits per heavy atom. The Balaban J connectivity index is 1.58. The van der Waals surface area contributed by atoms with E-state index in [1.165, 1.54) is 12.1 Å². The van der Waals surface area contributed by atoms with Crippen LogP contribution in [-0.4, -0.2) is 36.6 Å². The van der Waals surface area contributed by atoms with Gasteiger partial charge in [0.2, 0.25) is 5.91 Å². The van der Waals surface area contributed by atoms with Gasteiger partial charge < -0.3 is 9.64 Å². The van der Waals surface area contributed by atoms with Crippen molar-refractivity contribution in [2.24, 2.45) is 5.92 Å². The molecule has 3 rings (SSSR count). The predicted molar refractivity (Wildman–Crippen MR) is 69.1 cm³/mol. The number of rotatable bonds is 3. The van der Waals surface area contributed by atoms with Crippen molar-refractivity contribution < 1.29 is 13.9 Å². The van der Waals surface area contributed by atoms with Crippen LogP contribution in [0.1, 0.15) is 18.4 Å². The number of carbonyl (C=O) groups is 1. The number of hydrogen-bond acceptors (Lipinski definition) is 2. The van der Waals surface area contributed by atoms with E-state index in [9.17, 15) is 9.18 Å². The van der Waals surface area contributed by atoms with E-state index in [4.69, 9.17) is 4.74 Å². The molecule has 0 radical (unpaired) electrons. The number of halogens is 1. The van der Waals surface area contributed by atoms with Crippen LogP contribution in [0.4, 0.5) is 4.39 Å². The lowest BCUT2D eigenvalue weighted by atomic mass is 10.1. The summed E-state index contributed by atoms with van der Waals surface area (Å²) >= 11 is 0. The summed E-state index contributed by atoms with van der Waals surface area (Å²) in [5.41, 5.74) is 1.05. The zero-order chi connectivity index (χ0) is 13.2. The van der Waals surface area contributed by atoms with E-state index in [1.54, 1.807) is 12.1 Å². The highest BCUT2D eigenvalue weighted by atomic mass is 19.1. The summed E-state index contributed by atoms with van der Waals surface area (Å²) in [5, 5.41) is 0. The normalized spacial score (nSPS) is 23.4. The summed E-state index contributed by atoms with van der Waals surface area (Å²) in [6.07, 6.45) is 2.84. The quantitative estimate of drug-likeness (QED) is 0.835. The first kappa shape index (κ1) is 12.6. The van der Waals surface area contributed by atoms with Crippen molar-refractivity contribution in [1.82, 2.24) is 4.90 Å². The Bertz CT molecular complexity index is 456. The maximum Gasteiger partial charge on any atom is 0.225 e. The molecule has 1 saturated carbocycles. The topological polar surface area (TPSA) is 29.5 Å². The van der Waals surface area contributed by atoms with E-state index < -0.39 is 0 Å². The number of amides is 1. The molecule has 19 heavy (non-hydrogen) atoms. The van der Waals surface area contributed by atoms with E-state index in [-0.39, 0.29) is 23.7 Å². The number of morpholine rings is 1. The first-order valence-corrected chi connectivity index (χ1v) is 6.87. The van der Waals surface area contributed by atoms with Gasteiger partial charge in [0, 0.05) is 25.4 Å². The average Bonchev–Trinajstić information content (AvgIpc) is 3.25. The SMILES string of the molecule is O=C(C1CC1)N1CCO[C@H](Cc2ccc(F)cc2)C1. The van der Waals surface area contributed by atoms with Gasteiger partial charge in [-0.15, -0.1) is 0 Å². The van der Waals surface area contributed by atoms with Gasteiger partial charge >= 0.3 is 0 Å². The number of ether oxygens (including phenoxy) is 1. The van der Waals surface area contributed by atoms with Crippen LogP contribution in [0.25, 0.3) is 0 Å². The summed E-state index contributed by atoms with van der Waals surface area (Å²) in [4.78, 5) is 13.9. The van der Waals surface area contributed by atoms with Gasteiger partial charge in [-0.3, -0.25) is 4.79 Å². The second kappa shape index (κ2) is 5.29. The minimum absolute atomic E-state index is 0.0295. The molecule has 3 nitrogen and oxygen atoms in total. The molecule has 2 fully saturated rings. The third kappa shape index (κ3) is 3.13. The Kier molecular flexibility index (Phi) is 3.51. The van der Waals surface area contributed by atoms with Crippen molar-refractivity contribution in [2.45, 2.75) is 25.4 Å². The van der Waals surface area contributed by atoms with Gasteiger partial charge in [-0.2, -0.15) is 0 Å². The van der Waals surface area contributed by atoms with Crippen molar-refractivity contribution in [3.8, 4) is 0 Å². The first-order chi connectivity index (χ1) is 9.22. The van der Waals surface area contributed by atoms with Crippen molar-refractivity contribution in [3.05, 3.63) is 35.6 Å². The average molecular weight is 263 g/mol. The largest absolute Gasteiger partial charge is 0.374 e. The summed E-state index contributed by atoms with van der Waals surface area (Å²) in [5.74, 6) is 0.329. The predicted octanol–water partition coefficient (Wildman–Crippen LogP) is 2.01. The lowest BCUT2D eigenvalue weighted by molar-refractivity contribution is -0.140. The molecule has 1 aromatic rings. The molecule has 1 saturated heterocycles. The molecule has 1 heterocycles. The summed E-state index contributed by atoms with van der Waals surface area (Å²) < 4.78 is 18.5. The highest BCUT2D eigenvalue weighted by Crippen LogP contribution is 2.31.